The fraction of sp³-hybridized carbons (Fsp3) is 0.333. The molecule has 0 aliphatic carbocycles. The summed E-state index contributed by atoms with van der Waals surface area (Å²) >= 11 is 3.44. The van der Waals surface area contributed by atoms with Gasteiger partial charge in [0.25, 0.3) is 0 Å². The number of benzene rings is 1. The third kappa shape index (κ3) is 4.49. The number of rotatable bonds is 5. The van der Waals surface area contributed by atoms with Crippen molar-refractivity contribution in [2.45, 2.75) is 31.1 Å². The highest BCUT2D eigenvalue weighted by molar-refractivity contribution is 9.10. The van der Waals surface area contributed by atoms with Crippen molar-refractivity contribution in [1.29, 1.82) is 0 Å². The van der Waals surface area contributed by atoms with Crippen LogP contribution in [0.1, 0.15) is 31.7 Å². The van der Waals surface area contributed by atoms with Crippen LogP contribution in [0.25, 0.3) is 0 Å². The van der Waals surface area contributed by atoms with Crippen LogP contribution in [0, 0.1) is 0 Å². The van der Waals surface area contributed by atoms with Gasteiger partial charge in [0.15, 0.2) is 0 Å². The van der Waals surface area contributed by atoms with Gasteiger partial charge in [0.2, 0.25) is 10.0 Å². The molecule has 0 atom stereocenters. The first kappa shape index (κ1) is 19.0. The van der Waals surface area contributed by atoms with Crippen molar-refractivity contribution >= 4 is 37.5 Å². The van der Waals surface area contributed by atoms with Crippen LogP contribution in [-0.4, -0.2) is 36.5 Å². The van der Waals surface area contributed by atoms with Gasteiger partial charge in [0.1, 0.15) is 10.7 Å². The molecule has 8 heteroatoms. The van der Waals surface area contributed by atoms with Crippen LogP contribution in [0.4, 0.5) is 5.82 Å². The molecule has 2 aromatic rings. The zero-order valence-corrected chi connectivity index (χ0v) is 16.9. The fourth-order valence-corrected chi connectivity index (χ4v) is 4.63. The smallest absolute Gasteiger partial charge is 0.244 e. The standard InChI is InChI=1S/C18H21BrN4O2S/c1-14(15-6-5-7-16(19)12-15)21-22-18-9-8-17(13-20-18)26(24,25)23-10-3-2-4-11-23/h5-9,12-13H,2-4,10-11H2,1H3,(H,20,22)/b21-14+. The van der Waals surface area contributed by atoms with E-state index in [1.54, 1.807) is 12.1 Å². The largest absolute Gasteiger partial charge is 0.261 e. The number of hydrazone groups is 1. The predicted octanol–water partition coefficient (Wildman–Crippen LogP) is 3.85. The molecule has 1 aromatic heterocycles. The quantitative estimate of drug-likeness (QED) is 0.570. The molecule has 138 valence electrons. The van der Waals surface area contributed by atoms with Gasteiger partial charge in [0.05, 0.1) is 5.71 Å². The number of pyridine rings is 1. The van der Waals surface area contributed by atoms with Gasteiger partial charge in [-0.1, -0.05) is 34.5 Å². The normalized spacial score (nSPS) is 16.5. The van der Waals surface area contributed by atoms with Gasteiger partial charge in [0, 0.05) is 23.8 Å². The third-order valence-electron chi connectivity index (χ3n) is 4.27. The van der Waals surface area contributed by atoms with Gasteiger partial charge in [-0.05, 0) is 49.6 Å². The molecule has 0 unspecified atom stereocenters. The van der Waals surface area contributed by atoms with E-state index in [4.69, 9.17) is 0 Å². The molecule has 1 aliphatic rings. The minimum Gasteiger partial charge on any atom is -0.261 e. The first-order valence-electron chi connectivity index (χ1n) is 8.49. The van der Waals surface area contributed by atoms with Crippen molar-refractivity contribution in [3.63, 3.8) is 0 Å². The van der Waals surface area contributed by atoms with Crippen LogP contribution in [-0.2, 0) is 10.0 Å². The lowest BCUT2D eigenvalue weighted by molar-refractivity contribution is 0.346. The number of halogens is 1. The van der Waals surface area contributed by atoms with Gasteiger partial charge >= 0.3 is 0 Å². The number of sulfonamides is 1. The molecule has 0 saturated carbocycles. The molecule has 0 spiro atoms. The lowest BCUT2D eigenvalue weighted by atomic mass is 10.1. The van der Waals surface area contributed by atoms with E-state index < -0.39 is 10.0 Å². The molecule has 0 bridgehead atoms. The molecule has 0 radical (unpaired) electrons. The molecule has 1 aliphatic heterocycles. The number of aromatic nitrogens is 1. The Balaban J connectivity index is 1.70. The molecule has 3 rings (SSSR count). The van der Waals surface area contributed by atoms with Crippen LogP contribution in [0.2, 0.25) is 0 Å². The van der Waals surface area contributed by atoms with E-state index in [1.807, 2.05) is 31.2 Å². The van der Waals surface area contributed by atoms with Crippen molar-refractivity contribution in [3.8, 4) is 0 Å². The molecule has 1 aromatic carbocycles. The number of piperidine rings is 1. The number of hydrogen-bond acceptors (Lipinski definition) is 5. The number of hydrogen-bond donors (Lipinski definition) is 1. The summed E-state index contributed by atoms with van der Waals surface area (Å²) < 4.78 is 27.7. The first-order valence-corrected chi connectivity index (χ1v) is 10.7. The second-order valence-electron chi connectivity index (χ2n) is 6.16. The summed E-state index contributed by atoms with van der Waals surface area (Å²) in [5.41, 5.74) is 4.66. The summed E-state index contributed by atoms with van der Waals surface area (Å²) in [7, 11) is -3.46. The molecular formula is C18H21BrN4O2S. The SMILES string of the molecule is C/C(=N\Nc1ccc(S(=O)(=O)N2CCCCC2)cn1)c1cccc(Br)c1. The van der Waals surface area contributed by atoms with E-state index >= 15 is 0 Å². The second kappa shape index (κ2) is 8.28. The predicted molar refractivity (Wildman–Crippen MR) is 107 cm³/mol. The Kier molecular flexibility index (Phi) is 6.05. The number of nitrogens with zero attached hydrogens (tertiary/aromatic N) is 3. The van der Waals surface area contributed by atoms with E-state index in [-0.39, 0.29) is 4.90 Å². The van der Waals surface area contributed by atoms with Gasteiger partial charge < -0.3 is 0 Å². The Hall–Kier alpha value is -1.77. The summed E-state index contributed by atoms with van der Waals surface area (Å²) in [6.07, 6.45) is 4.30. The Labute approximate surface area is 162 Å². The van der Waals surface area contributed by atoms with E-state index in [1.165, 1.54) is 10.5 Å². The van der Waals surface area contributed by atoms with Crippen LogP contribution in [0.5, 0.6) is 0 Å². The van der Waals surface area contributed by atoms with E-state index in [9.17, 15) is 8.42 Å². The number of anilines is 1. The monoisotopic (exact) mass is 436 g/mol. The minimum absolute atomic E-state index is 0.220. The van der Waals surface area contributed by atoms with E-state index in [2.05, 4.69) is 31.4 Å². The van der Waals surface area contributed by atoms with E-state index in [0.717, 1.165) is 35.0 Å². The van der Waals surface area contributed by atoms with Crippen LogP contribution in [0.3, 0.4) is 0 Å². The zero-order valence-electron chi connectivity index (χ0n) is 14.5. The van der Waals surface area contributed by atoms with Gasteiger partial charge in [-0.3, -0.25) is 5.43 Å². The van der Waals surface area contributed by atoms with Crippen molar-refractivity contribution in [2.24, 2.45) is 5.10 Å². The zero-order chi connectivity index (χ0) is 18.6. The van der Waals surface area contributed by atoms with Gasteiger partial charge in [-0.25, -0.2) is 13.4 Å². The Morgan fingerprint density at radius 3 is 2.62 bits per heavy atom. The summed E-state index contributed by atoms with van der Waals surface area (Å²) in [4.78, 5) is 4.41. The Morgan fingerprint density at radius 2 is 1.96 bits per heavy atom. The van der Waals surface area contributed by atoms with Crippen LogP contribution < -0.4 is 5.43 Å². The fourth-order valence-electron chi connectivity index (χ4n) is 2.77. The lowest BCUT2D eigenvalue weighted by Crippen LogP contribution is -2.35. The third-order valence-corrected chi connectivity index (χ3v) is 6.65. The average molecular weight is 437 g/mol. The van der Waals surface area contributed by atoms with Gasteiger partial charge in [-0.2, -0.15) is 9.41 Å². The van der Waals surface area contributed by atoms with Crippen molar-refractivity contribution < 1.29 is 8.42 Å². The molecule has 1 saturated heterocycles. The summed E-state index contributed by atoms with van der Waals surface area (Å²) in [6.45, 7) is 3.06. The van der Waals surface area contributed by atoms with Crippen LogP contribution in [0.15, 0.2) is 57.1 Å². The highest BCUT2D eigenvalue weighted by atomic mass is 79.9. The van der Waals surface area contributed by atoms with Crippen molar-refractivity contribution in [1.82, 2.24) is 9.29 Å². The molecular weight excluding hydrogens is 416 g/mol. The van der Waals surface area contributed by atoms with Crippen molar-refractivity contribution in [3.05, 3.63) is 52.6 Å². The maximum atomic E-state index is 12.6. The topological polar surface area (TPSA) is 74.7 Å². The maximum Gasteiger partial charge on any atom is 0.244 e. The van der Waals surface area contributed by atoms with Crippen molar-refractivity contribution in [2.75, 3.05) is 18.5 Å². The number of nitrogens with one attached hydrogen (secondary N) is 1. The molecule has 26 heavy (non-hydrogen) atoms. The Bertz CT molecular complexity index is 892. The lowest BCUT2D eigenvalue weighted by Gasteiger charge is -2.25. The highest BCUT2D eigenvalue weighted by Crippen LogP contribution is 2.20. The maximum absolute atomic E-state index is 12.6. The summed E-state index contributed by atoms with van der Waals surface area (Å²) in [6, 6.07) is 11.0. The molecule has 2 heterocycles. The summed E-state index contributed by atoms with van der Waals surface area (Å²) in [5, 5.41) is 4.31. The average Bonchev–Trinajstić information content (AvgIpc) is 2.67. The first-order chi connectivity index (χ1) is 12.5. The molecule has 1 fully saturated rings. The molecule has 6 nitrogen and oxygen atoms in total. The molecule has 0 amide bonds. The highest BCUT2D eigenvalue weighted by Gasteiger charge is 2.26. The molecule has 1 N–H and O–H groups in total. The van der Waals surface area contributed by atoms with Gasteiger partial charge in [-0.15, -0.1) is 0 Å². The minimum atomic E-state index is -3.46. The Morgan fingerprint density at radius 1 is 1.19 bits per heavy atom. The second-order valence-corrected chi connectivity index (χ2v) is 9.02. The summed E-state index contributed by atoms with van der Waals surface area (Å²) in [5.74, 6) is 0.497. The van der Waals surface area contributed by atoms with E-state index in [0.29, 0.717) is 18.9 Å². The van der Waals surface area contributed by atoms with Crippen LogP contribution >= 0.6 is 15.9 Å².